The van der Waals surface area contributed by atoms with Crippen molar-refractivity contribution in [2.24, 2.45) is 0 Å². The average Bonchev–Trinajstić information content (AvgIpc) is 2.50. The molecule has 21 heavy (non-hydrogen) atoms. The summed E-state index contributed by atoms with van der Waals surface area (Å²) in [6, 6.07) is 12.5. The molecule has 3 rings (SSSR count). The number of aromatic nitrogens is 1. The van der Waals surface area contributed by atoms with Crippen LogP contribution in [0.15, 0.2) is 42.5 Å². The summed E-state index contributed by atoms with van der Waals surface area (Å²) in [5.74, 6) is -0.0123. The van der Waals surface area contributed by atoms with Gasteiger partial charge in [-0.15, -0.1) is 0 Å². The first-order chi connectivity index (χ1) is 10.1. The standard InChI is InChI=1S/C16H14BNO3/c1-2-14(19)11-7-5-8-12-15(17(20)21)10-6-3-4-9-13(10)18-16(11)12/h3-9,20-21H,2H2,1H3. The highest BCUT2D eigenvalue weighted by Gasteiger charge is 2.21. The highest BCUT2D eigenvalue weighted by Crippen LogP contribution is 2.22. The monoisotopic (exact) mass is 279 g/mol. The Hall–Kier alpha value is -2.24. The highest BCUT2D eigenvalue weighted by molar-refractivity contribution is 6.65. The first kappa shape index (κ1) is 13.7. The summed E-state index contributed by atoms with van der Waals surface area (Å²) in [6.07, 6.45) is 0.380. The molecule has 5 heteroatoms. The number of benzene rings is 2. The molecule has 1 heterocycles. The molecular formula is C16H14BNO3. The van der Waals surface area contributed by atoms with E-state index in [4.69, 9.17) is 0 Å². The lowest BCUT2D eigenvalue weighted by Gasteiger charge is -2.12. The Kier molecular flexibility index (Phi) is 3.45. The molecule has 0 saturated carbocycles. The van der Waals surface area contributed by atoms with Crippen molar-refractivity contribution in [3.63, 3.8) is 0 Å². The van der Waals surface area contributed by atoms with Crippen LogP contribution in [0.2, 0.25) is 0 Å². The quantitative estimate of drug-likeness (QED) is 0.434. The molecular weight excluding hydrogens is 265 g/mol. The van der Waals surface area contributed by atoms with Crippen molar-refractivity contribution in [1.82, 2.24) is 4.98 Å². The van der Waals surface area contributed by atoms with Crippen LogP contribution in [0, 0.1) is 0 Å². The highest BCUT2D eigenvalue weighted by atomic mass is 16.4. The van der Waals surface area contributed by atoms with Crippen molar-refractivity contribution in [1.29, 1.82) is 0 Å². The van der Waals surface area contributed by atoms with Gasteiger partial charge in [0, 0.05) is 28.2 Å². The van der Waals surface area contributed by atoms with Gasteiger partial charge in [0.25, 0.3) is 0 Å². The number of para-hydroxylation sites is 2. The van der Waals surface area contributed by atoms with E-state index in [1.54, 1.807) is 37.3 Å². The van der Waals surface area contributed by atoms with Crippen LogP contribution in [0.3, 0.4) is 0 Å². The van der Waals surface area contributed by atoms with Gasteiger partial charge in [0.15, 0.2) is 5.78 Å². The minimum Gasteiger partial charge on any atom is -0.423 e. The van der Waals surface area contributed by atoms with Crippen LogP contribution in [0.5, 0.6) is 0 Å². The van der Waals surface area contributed by atoms with Crippen LogP contribution in [0.1, 0.15) is 23.7 Å². The third-order valence-corrected chi connectivity index (χ3v) is 3.63. The second kappa shape index (κ2) is 5.28. The van der Waals surface area contributed by atoms with Crippen LogP contribution in [0.4, 0.5) is 0 Å². The first-order valence-corrected chi connectivity index (χ1v) is 6.84. The predicted molar refractivity (Wildman–Crippen MR) is 83.7 cm³/mol. The number of ketones is 1. The van der Waals surface area contributed by atoms with Crippen molar-refractivity contribution in [3.8, 4) is 0 Å². The third-order valence-electron chi connectivity index (χ3n) is 3.63. The summed E-state index contributed by atoms with van der Waals surface area (Å²) in [5.41, 5.74) is 2.07. The van der Waals surface area contributed by atoms with Gasteiger partial charge in [-0.1, -0.05) is 37.3 Å². The fraction of sp³-hybridized carbons (Fsp3) is 0.125. The molecule has 0 aliphatic carbocycles. The van der Waals surface area contributed by atoms with Gasteiger partial charge in [-0.05, 0) is 12.1 Å². The molecule has 2 aromatic carbocycles. The zero-order chi connectivity index (χ0) is 15.0. The maximum absolute atomic E-state index is 12.1. The number of pyridine rings is 1. The van der Waals surface area contributed by atoms with Gasteiger partial charge < -0.3 is 10.0 Å². The van der Waals surface area contributed by atoms with Crippen molar-refractivity contribution in [3.05, 3.63) is 48.0 Å². The molecule has 0 spiro atoms. The first-order valence-electron chi connectivity index (χ1n) is 6.84. The largest absolute Gasteiger partial charge is 0.489 e. The van der Waals surface area contributed by atoms with Gasteiger partial charge in [0.05, 0.1) is 11.0 Å². The van der Waals surface area contributed by atoms with Crippen LogP contribution >= 0.6 is 0 Å². The van der Waals surface area contributed by atoms with Gasteiger partial charge in [-0.25, -0.2) is 4.98 Å². The lowest BCUT2D eigenvalue weighted by molar-refractivity contribution is 0.0989. The van der Waals surface area contributed by atoms with E-state index < -0.39 is 7.12 Å². The van der Waals surface area contributed by atoms with Crippen molar-refractivity contribution < 1.29 is 14.8 Å². The maximum atomic E-state index is 12.1. The number of fused-ring (bicyclic) bond motifs is 2. The molecule has 0 amide bonds. The molecule has 0 aliphatic rings. The summed E-state index contributed by atoms with van der Waals surface area (Å²) in [5, 5.41) is 20.8. The van der Waals surface area contributed by atoms with Gasteiger partial charge in [-0.2, -0.15) is 0 Å². The van der Waals surface area contributed by atoms with Gasteiger partial charge >= 0.3 is 7.12 Å². The summed E-state index contributed by atoms with van der Waals surface area (Å²) in [4.78, 5) is 16.6. The summed E-state index contributed by atoms with van der Waals surface area (Å²) < 4.78 is 0. The van der Waals surface area contributed by atoms with Gasteiger partial charge in [0.1, 0.15) is 0 Å². The lowest BCUT2D eigenvalue weighted by atomic mass is 9.75. The summed E-state index contributed by atoms with van der Waals surface area (Å²) in [6.45, 7) is 1.80. The summed E-state index contributed by atoms with van der Waals surface area (Å²) >= 11 is 0. The van der Waals surface area contributed by atoms with Gasteiger partial charge in [-0.3, -0.25) is 4.79 Å². The Morgan fingerprint density at radius 2 is 1.81 bits per heavy atom. The molecule has 0 radical (unpaired) electrons. The topological polar surface area (TPSA) is 70.4 Å². The van der Waals surface area contributed by atoms with Crippen LogP contribution in [0.25, 0.3) is 21.8 Å². The van der Waals surface area contributed by atoms with E-state index in [9.17, 15) is 14.8 Å². The van der Waals surface area contributed by atoms with E-state index in [0.717, 1.165) is 0 Å². The second-order valence-corrected chi connectivity index (χ2v) is 4.89. The molecule has 0 fully saturated rings. The molecule has 3 aromatic rings. The number of carbonyl (C=O) groups is 1. The Morgan fingerprint density at radius 1 is 1.10 bits per heavy atom. The molecule has 1 aromatic heterocycles. The number of carbonyl (C=O) groups excluding carboxylic acids is 1. The second-order valence-electron chi connectivity index (χ2n) is 4.89. The molecule has 4 nitrogen and oxygen atoms in total. The molecule has 0 atom stereocenters. The van der Waals surface area contributed by atoms with E-state index in [0.29, 0.717) is 39.3 Å². The number of hydrogen-bond acceptors (Lipinski definition) is 4. The molecule has 2 N–H and O–H groups in total. The molecule has 104 valence electrons. The molecule has 0 unspecified atom stereocenters. The molecule has 0 aliphatic heterocycles. The zero-order valence-corrected chi connectivity index (χ0v) is 11.6. The van der Waals surface area contributed by atoms with E-state index in [1.165, 1.54) is 0 Å². The number of Topliss-reactive ketones (excluding diaryl/α,β-unsaturated/α-hetero) is 1. The fourth-order valence-corrected chi connectivity index (χ4v) is 2.64. The number of nitrogens with zero attached hydrogens (tertiary/aromatic N) is 1. The molecule has 0 saturated heterocycles. The lowest BCUT2D eigenvalue weighted by Crippen LogP contribution is -2.32. The Labute approximate surface area is 122 Å². The smallest absolute Gasteiger partial charge is 0.423 e. The minimum absolute atomic E-state index is 0.0123. The summed E-state index contributed by atoms with van der Waals surface area (Å²) in [7, 11) is -1.62. The normalized spacial score (nSPS) is 11.0. The van der Waals surface area contributed by atoms with Gasteiger partial charge in [0.2, 0.25) is 0 Å². The average molecular weight is 279 g/mol. The maximum Gasteiger partial charge on any atom is 0.489 e. The van der Waals surface area contributed by atoms with Crippen molar-refractivity contribution in [2.45, 2.75) is 13.3 Å². The zero-order valence-electron chi connectivity index (χ0n) is 11.6. The van der Waals surface area contributed by atoms with Crippen LogP contribution in [-0.2, 0) is 0 Å². The number of rotatable bonds is 3. The van der Waals surface area contributed by atoms with Crippen molar-refractivity contribution in [2.75, 3.05) is 0 Å². The van der Waals surface area contributed by atoms with Crippen LogP contribution < -0.4 is 5.46 Å². The Balaban J connectivity index is 2.50. The van der Waals surface area contributed by atoms with Crippen LogP contribution in [-0.4, -0.2) is 27.9 Å². The third kappa shape index (κ3) is 2.20. The van der Waals surface area contributed by atoms with E-state index >= 15 is 0 Å². The minimum atomic E-state index is -1.62. The SMILES string of the molecule is CCC(=O)c1cccc2c(B(O)O)c3ccccc3nc12. The van der Waals surface area contributed by atoms with E-state index in [2.05, 4.69) is 4.98 Å². The Bertz CT molecular complexity index is 845. The van der Waals surface area contributed by atoms with E-state index in [1.807, 2.05) is 12.1 Å². The fourth-order valence-electron chi connectivity index (χ4n) is 2.64. The Morgan fingerprint density at radius 3 is 2.52 bits per heavy atom. The predicted octanol–water partition coefficient (Wildman–Crippen LogP) is 1.66. The number of hydrogen-bond donors (Lipinski definition) is 2. The van der Waals surface area contributed by atoms with Crippen molar-refractivity contribution >= 4 is 40.2 Å². The van der Waals surface area contributed by atoms with E-state index in [-0.39, 0.29) is 5.78 Å². The molecule has 0 bridgehead atoms.